The molecule has 31 heavy (non-hydrogen) atoms. The van der Waals surface area contributed by atoms with E-state index in [0.717, 1.165) is 0 Å². The van der Waals surface area contributed by atoms with E-state index in [9.17, 15) is 9.59 Å². The average molecular weight is 472 g/mol. The SMILES string of the molecule is CC(=O)CC(=O)NCCOCCOCCOCCOCCOCCS.CCC.CCC.[HH]. The minimum absolute atomic E-state index is 0. The van der Waals surface area contributed by atoms with E-state index in [1.807, 2.05) is 0 Å². The van der Waals surface area contributed by atoms with Crippen LogP contribution in [-0.2, 0) is 33.3 Å². The van der Waals surface area contributed by atoms with Gasteiger partial charge in [0.15, 0.2) is 0 Å². The first-order valence-electron chi connectivity index (χ1n) is 11.3. The van der Waals surface area contributed by atoms with Gasteiger partial charge >= 0.3 is 0 Å². The van der Waals surface area contributed by atoms with Crippen molar-refractivity contribution in [3.8, 4) is 0 Å². The van der Waals surface area contributed by atoms with Gasteiger partial charge in [-0.1, -0.05) is 40.5 Å². The van der Waals surface area contributed by atoms with E-state index in [0.29, 0.717) is 78.4 Å². The number of carbonyl (C=O) groups excluding carboxylic acids is 2. The highest BCUT2D eigenvalue weighted by Gasteiger charge is 2.03. The highest BCUT2D eigenvalue weighted by Crippen LogP contribution is 1.85. The van der Waals surface area contributed by atoms with Gasteiger partial charge in [-0.2, -0.15) is 12.6 Å². The molecular formula is C22H49NO7S. The summed E-state index contributed by atoms with van der Waals surface area (Å²) in [4.78, 5) is 21.9. The largest absolute Gasteiger partial charge is 0.378 e. The summed E-state index contributed by atoms with van der Waals surface area (Å²) in [6.45, 7) is 15.4. The molecule has 0 atom stereocenters. The Morgan fingerprint density at radius 1 is 0.677 bits per heavy atom. The molecule has 0 aliphatic rings. The van der Waals surface area contributed by atoms with E-state index in [-0.39, 0.29) is 19.5 Å². The fourth-order valence-corrected chi connectivity index (χ4v) is 1.73. The van der Waals surface area contributed by atoms with Crippen LogP contribution in [-0.4, -0.2) is 90.1 Å². The predicted molar refractivity (Wildman–Crippen MR) is 130 cm³/mol. The summed E-state index contributed by atoms with van der Waals surface area (Å²) in [5.74, 6) is 0.281. The van der Waals surface area contributed by atoms with Gasteiger partial charge in [-0.15, -0.1) is 0 Å². The number of hydrogen-bond donors (Lipinski definition) is 2. The Kier molecular flexibility index (Phi) is 38.2. The molecule has 1 amide bonds. The third-order valence-electron chi connectivity index (χ3n) is 2.70. The van der Waals surface area contributed by atoms with E-state index in [1.165, 1.54) is 19.8 Å². The zero-order chi connectivity index (χ0) is 24.0. The molecular weight excluding hydrogens is 422 g/mol. The van der Waals surface area contributed by atoms with Gasteiger partial charge in [-0.05, 0) is 6.92 Å². The first-order valence-corrected chi connectivity index (χ1v) is 11.9. The second-order valence-corrected chi connectivity index (χ2v) is 6.88. The standard InChI is InChI=1S/C16H31NO7S.2C3H8.H2/c1-15(18)14-16(19)17-2-3-20-4-5-21-6-7-22-8-9-23-10-11-24-12-13-25;2*1-3-2;/h25H,2-14H2,1H3,(H,17,19);2*3H2,1-2H3;1H. The molecule has 0 unspecified atom stereocenters. The van der Waals surface area contributed by atoms with Crippen LogP contribution in [0.1, 0.15) is 55.3 Å². The average Bonchev–Trinajstić information content (AvgIpc) is 2.71. The van der Waals surface area contributed by atoms with Crippen LogP contribution in [0.2, 0.25) is 0 Å². The number of amides is 1. The van der Waals surface area contributed by atoms with Crippen LogP contribution in [0.4, 0.5) is 0 Å². The molecule has 0 saturated heterocycles. The van der Waals surface area contributed by atoms with Gasteiger partial charge in [0.25, 0.3) is 0 Å². The summed E-state index contributed by atoms with van der Waals surface area (Å²) < 4.78 is 26.5. The molecule has 9 heteroatoms. The van der Waals surface area contributed by atoms with Gasteiger partial charge in [0.2, 0.25) is 5.91 Å². The lowest BCUT2D eigenvalue weighted by molar-refractivity contribution is -0.127. The normalized spacial score (nSPS) is 9.87. The number of ketones is 1. The summed E-state index contributed by atoms with van der Waals surface area (Å²) in [7, 11) is 0. The molecule has 0 radical (unpaired) electrons. The van der Waals surface area contributed by atoms with Gasteiger partial charge in [-0.3, -0.25) is 9.59 Å². The first kappa shape index (κ1) is 34.9. The molecule has 0 aromatic carbocycles. The zero-order valence-corrected chi connectivity index (χ0v) is 21.3. The van der Waals surface area contributed by atoms with Crippen LogP contribution in [0.25, 0.3) is 0 Å². The van der Waals surface area contributed by atoms with Crippen molar-refractivity contribution in [3.63, 3.8) is 0 Å². The van der Waals surface area contributed by atoms with Gasteiger partial charge in [0, 0.05) is 13.7 Å². The van der Waals surface area contributed by atoms with E-state index < -0.39 is 0 Å². The van der Waals surface area contributed by atoms with Crippen LogP contribution in [0.3, 0.4) is 0 Å². The van der Waals surface area contributed by atoms with Crippen molar-refractivity contribution in [2.24, 2.45) is 0 Å². The van der Waals surface area contributed by atoms with Crippen molar-refractivity contribution in [2.75, 3.05) is 78.4 Å². The van der Waals surface area contributed by atoms with Crippen molar-refractivity contribution >= 4 is 24.3 Å². The number of carbonyl (C=O) groups is 2. The van der Waals surface area contributed by atoms with Crippen molar-refractivity contribution in [1.29, 1.82) is 0 Å². The second kappa shape index (κ2) is 33.9. The van der Waals surface area contributed by atoms with Crippen LogP contribution in [0, 0.1) is 0 Å². The molecule has 0 aromatic rings. The second-order valence-electron chi connectivity index (χ2n) is 6.43. The van der Waals surface area contributed by atoms with Crippen molar-refractivity contribution < 1.29 is 34.7 Å². The maximum absolute atomic E-state index is 11.2. The third kappa shape index (κ3) is 43.9. The molecule has 0 rings (SSSR count). The quantitative estimate of drug-likeness (QED) is 0.170. The van der Waals surface area contributed by atoms with E-state index in [1.54, 1.807) is 0 Å². The Morgan fingerprint density at radius 3 is 1.32 bits per heavy atom. The van der Waals surface area contributed by atoms with Gasteiger partial charge in [0.1, 0.15) is 5.78 Å². The summed E-state index contributed by atoms with van der Waals surface area (Å²) in [6, 6.07) is 0. The maximum Gasteiger partial charge on any atom is 0.227 e. The highest BCUT2D eigenvalue weighted by atomic mass is 32.1. The smallest absolute Gasteiger partial charge is 0.227 e. The molecule has 0 spiro atoms. The molecule has 0 aliphatic heterocycles. The first-order chi connectivity index (χ1) is 15.0. The Labute approximate surface area is 196 Å². The van der Waals surface area contributed by atoms with Crippen LogP contribution in [0.5, 0.6) is 0 Å². The summed E-state index contributed by atoms with van der Waals surface area (Å²) in [5.41, 5.74) is 0. The summed E-state index contributed by atoms with van der Waals surface area (Å²) in [6.07, 6.45) is 2.41. The number of nitrogens with one attached hydrogen (secondary N) is 1. The molecule has 0 aliphatic carbocycles. The number of thiol groups is 1. The lowest BCUT2D eigenvalue weighted by Gasteiger charge is -2.08. The Balaban J connectivity index is -0.000000499. The van der Waals surface area contributed by atoms with Crippen molar-refractivity contribution in [2.45, 2.75) is 53.9 Å². The van der Waals surface area contributed by atoms with Gasteiger partial charge in [0.05, 0.1) is 72.5 Å². The van der Waals surface area contributed by atoms with Gasteiger partial charge in [-0.25, -0.2) is 0 Å². The monoisotopic (exact) mass is 471 g/mol. The van der Waals surface area contributed by atoms with Crippen LogP contribution in [0.15, 0.2) is 0 Å². The molecule has 0 saturated carbocycles. The zero-order valence-electron chi connectivity index (χ0n) is 20.4. The summed E-state index contributed by atoms with van der Waals surface area (Å²) >= 11 is 4.03. The van der Waals surface area contributed by atoms with E-state index in [2.05, 4.69) is 45.6 Å². The van der Waals surface area contributed by atoms with E-state index in [4.69, 9.17) is 23.7 Å². The van der Waals surface area contributed by atoms with Crippen LogP contribution < -0.4 is 5.32 Å². The Morgan fingerprint density at radius 2 is 1.00 bits per heavy atom. The molecule has 1 N–H and O–H groups in total. The fraction of sp³-hybridized carbons (Fsp3) is 0.909. The third-order valence-corrected chi connectivity index (χ3v) is 2.88. The number of hydrogen-bond acceptors (Lipinski definition) is 8. The topological polar surface area (TPSA) is 92.3 Å². The lowest BCUT2D eigenvalue weighted by Crippen LogP contribution is -2.28. The molecule has 8 nitrogen and oxygen atoms in total. The Hall–Kier alpha value is -0.710. The molecule has 0 bridgehead atoms. The van der Waals surface area contributed by atoms with Crippen LogP contribution >= 0.6 is 12.6 Å². The maximum atomic E-state index is 11.2. The lowest BCUT2D eigenvalue weighted by atomic mass is 10.3. The molecule has 0 aromatic heterocycles. The van der Waals surface area contributed by atoms with Crippen molar-refractivity contribution in [3.05, 3.63) is 0 Å². The number of ether oxygens (including phenoxy) is 5. The molecule has 0 fully saturated rings. The predicted octanol–water partition coefficient (Wildman–Crippen LogP) is 3.17. The molecule has 190 valence electrons. The number of rotatable bonds is 19. The fourth-order valence-electron chi connectivity index (χ4n) is 1.60. The number of Topliss-reactive ketones (excluding diaryl/α,β-unsaturated/α-hetero) is 1. The van der Waals surface area contributed by atoms with E-state index >= 15 is 0 Å². The van der Waals surface area contributed by atoms with Gasteiger partial charge < -0.3 is 29.0 Å². The minimum atomic E-state index is -0.279. The van der Waals surface area contributed by atoms with Crippen molar-refractivity contribution in [1.82, 2.24) is 5.32 Å². The minimum Gasteiger partial charge on any atom is -0.378 e. The Bertz CT molecular complexity index is 365. The summed E-state index contributed by atoms with van der Waals surface area (Å²) in [5, 5.41) is 2.59. The molecule has 0 heterocycles. The highest BCUT2D eigenvalue weighted by molar-refractivity contribution is 7.80.